The van der Waals surface area contributed by atoms with E-state index < -0.39 is 0 Å². The summed E-state index contributed by atoms with van der Waals surface area (Å²) >= 11 is 0. The van der Waals surface area contributed by atoms with E-state index in [-0.39, 0.29) is 0 Å². The van der Waals surface area contributed by atoms with Crippen molar-refractivity contribution in [2.45, 2.75) is 33.2 Å². The van der Waals surface area contributed by atoms with Gasteiger partial charge < -0.3 is 15.5 Å². The summed E-state index contributed by atoms with van der Waals surface area (Å²) in [6.45, 7) is 9.52. The Hall–Kier alpha value is -1.29. The minimum Gasteiger partial charge on any atom is -0.384 e. The lowest BCUT2D eigenvalue weighted by molar-refractivity contribution is 0.284. The fraction of sp³-hybridized carbons (Fsp3) is 0.643. The maximum atomic E-state index is 4.23. The number of nitrogens with one attached hydrogen (secondary N) is 2. The molecule has 0 unspecified atom stereocenters. The third-order valence-corrected chi connectivity index (χ3v) is 2.99. The van der Waals surface area contributed by atoms with Gasteiger partial charge in [-0.25, -0.2) is 0 Å². The molecule has 0 atom stereocenters. The Labute approximate surface area is 111 Å². The average molecular weight is 250 g/mol. The van der Waals surface area contributed by atoms with Crippen LogP contribution in [-0.4, -0.2) is 42.6 Å². The second-order valence-corrected chi connectivity index (χ2v) is 4.89. The van der Waals surface area contributed by atoms with Gasteiger partial charge >= 0.3 is 0 Å². The van der Waals surface area contributed by atoms with Crippen LogP contribution in [0.5, 0.6) is 0 Å². The minimum atomic E-state index is 0.586. The normalized spacial score (nSPS) is 11.0. The van der Waals surface area contributed by atoms with Crippen LogP contribution in [0, 0.1) is 0 Å². The molecular weight excluding hydrogens is 224 g/mol. The summed E-state index contributed by atoms with van der Waals surface area (Å²) in [5.74, 6) is 0. The second-order valence-electron chi connectivity index (χ2n) is 4.89. The predicted molar refractivity (Wildman–Crippen MR) is 79.3 cm³/mol. The van der Waals surface area contributed by atoms with Gasteiger partial charge in [-0.1, -0.05) is 6.92 Å². The summed E-state index contributed by atoms with van der Waals surface area (Å²) in [4.78, 5) is 6.55. The Morgan fingerprint density at radius 2 is 1.78 bits per heavy atom. The maximum absolute atomic E-state index is 4.23. The van der Waals surface area contributed by atoms with E-state index in [4.69, 9.17) is 0 Å². The molecule has 0 aliphatic carbocycles. The van der Waals surface area contributed by atoms with Crippen LogP contribution in [0.4, 0.5) is 11.4 Å². The van der Waals surface area contributed by atoms with Crippen molar-refractivity contribution < 1.29 is 0 Å². The fourth-order valence-electron chi connectivity index (χ4n) is 1.54. The van der Waals surface area contributed by atoms with E-state index in [1.807, 2.05) is 12.4 Å². The summed E-state index contributed by atoms with van der Waals surface area (Å²) in [5, 5.41) is 6.74. The predicted octanol–water partition coefficient (Wildman–Crippen LogP) is 2.66. The number of hydrogen-bond donors (Lipinski definition) is 2. The van der Waals surface area contributed by atoms with Gasteiger partial charge in [0.05, 0.1) is 23.8 Å². The molecule has 1 aromatic heterocycles. The second kappa shape index (κ2) is 7.93. The van der Waals surface area contributed by atoms with Crippen LogP contribution in [-0.2, 0) is 0 Å². The summed E-state index contributed by atoms with van der Waals surface area (Å²) in [7, 11) is 2.14. The lowest BCUT2D eigenvalue weighted by atomic mass is 10.3. The smallest absolute Gasteiger partial charge is 0.0547 e. The van der Waals surface area contributed by atoms with Gasteiger partial charge in [0.15, 0.2) is 0 Å². The van der Waals surface area contributed by atoms with Crippen LogP contribution in [0.25, 0.3) is 0 Å². The Kier molecular flexibility index (Phi) is 6.50. The van der Waals surface area contributed by atoms with Gasteiger partial charge in [0.1, 0.15) is 0 Å². The fourth-order valence-corrected chi connectivity index (χ4v) is 1.54. The molecule has 1 rings (SSSR count). The van der Waals surface area contributed by atoms with E-state index in [9.17, 15) is 0 Å². The largest absolute Gasteiger partial charge is 0.384 e. The maximum Gasteiger partial charge on any atom is 0.0547 e. The first-order valence-corrected chi connectivity index (χ1v) is 6.76. The van der Waals surface area contributed by atoms with Crippen molar-refractivity contribution in [3.63, 3.8) is 0 Å². The number of likely N-dealkylation sites (N-methyl/N-ethyl adjacent to an activating group) is 1. The van der Waals surface area contributed by atoms with Crippen LogP contribution in [0.2, 0.25) is 0 Å². The Morgan fingerprint density at radius 1 is 1.17 bits per heavy atom. The Bertz CT molecular complexity index is 338. The number of nitrogens with zero attached hydrogens (tertiary/aromatic N) is 2. The molecule has 4 heteroatoms. The van der Waals surface area contributed by atoms with Crippen LogP contribution in [0.15, 0.2) is 18.5 Å². The topological polar surface area (TPSA) is 40.2 Å². The van der Waals surface area contributed by atoms with Crippen molar-refractivity contribution in [1.82, 2.24) is 9.88 Å². The zero-order chi connectivity index (χ0) is 13.4. The molecule has 1 heterocycles. The molecule has 0 aliphatic rings. The first-order chi connectivity index (χ1) is 8.63. The molecule has 0 aliphatic heterocycles. The van der Waals surface area contributed by atoms with Crippen LogP contribution < -0.4 is 10.6 Å². The molecule has 0 saturated carbocycles. The van der Waals surface area contributed by atoms with Crippen molar-refractivity contribution in [2.24, 2.45) is 0 Å². The number of anilines is 2. The van der Waals surface area contributed by atoms with Crippen LogP contribution in [0.1, 0.15) is 27.2 Å². The highest BCUT2D eigenvalue weighted by Gasteiger charge is 2.02. The van der Waals surface area contributed by atoms with E-state index in [0.29, 0.717) is 6.04 Å². The molecule has 2 N–H and O–H groups in total. The molecule has 0 aromatic carbocycles. The minimum absolute atomic E-state index is 0.586. The average Bonchev–Trinajstić information content (AvgIpc) is 2.36. The van der Waals surface area contributed by atoms with Crippen molar-refractivity contribution in [2.75, 3.05) is 37.3 Å². The molecule has 102 valence electrons. The van der Waals surface area contributed by atoms with Crippen molar-refractivity contribution >= 4 is 11.4 Å². The summed E-state index contributed by atoms with van der Waals surface area (Å²) in [6.07, 6.45) is 4.85. The van der Waals surface area contributed by atoms with Crippen molar-refractivity contribution in [3.05, 3.63) is 18.5 Å². The lowest BCUT2D eigenvalue weighted by Gasteiger charge is -2.21. The number of rotatable bonds is 8. The van der Waals surface area contributed by atoms with Gasteiger partial charge in [0.25, 0.3) is 0 Å². The zero-order valence-electron chi connectivity index (χ0n) is 12.0. The van der Waals surface area contributed by atoms with Gasteiger partial charge in [0, 0.05) is 25.7 Å². The van der Waals surface area contributed by atoms with Gasteiger partial charge in [0.2, 0.25) is 0 Å². The molecule has 18 heavy (non-hydrogen) atoms. The van der Waals surface area contributed by atoms with E-state index in [0.717, 1.165) is 37.4 Å². The highest BCUT2D eigenvalue weighted by Crippen LogP contribution is 2.12. The van der Waals surface area contributed by atoms with Crippen LogP contribution >= 0.6 is 0 Å². The summed E-state index contributed by atoms with van der Waals surface area (Å²) in [5.41, 5.74) is 2.16. The van der Waals surface area contributed by atoms with Crippen molar-refractivity contribution in [3.8, 4) is 0 Å². The van der Waals surface area contributed by atoms with E-state index in [2.05, 4.69) is 54.4 Å². The standard InChI is InChI=1S/C14H26N4/c1-5-6-16-13-9-14(11-15-10-13)17-7-8-18(4)12(2)3/h9-12,16-17H,5-8H2,1-4H3. The van der Waals surface area contributed by atoms with E-state index in [1.165, 1.54) is 0 Å². The highest BCUT2D eigenvalue weighted by molar-refractivity contribution is 5.53. The molecule has 0 amide bonds. The lowest BCUT2D eigenvalue weighted by Crippen LogP contribution is -2.31. The molecule has 0 bridgehead atoms. The molecule has 0 spiro atoms. The van der Waals surface area contributed by atoms with E-state index in [1.54, 1.807) is 0 Å². The number of hydrogen-bond acceptors (Lipinski definition) is 4. The van der Waals surface area contributed by atoms with Crippen molar-refractivity contribution in [1.29, 1.82) is 0 Å². The molecule has 4 nitrogen and oxygen atoms in total. The van der Waals surface area contributed by atoms with Gasteiger partial charge in [-0.3, -0.25) is 4.98 Å². The number of pyridine rings is 1. The third kappa shape index (κ3) is 5.36. The third-order valence-electron chi connectivity index (χ3n) is 2.99. The molecule has 0 fully saturated rings. The first kappa shape index (κ1) is 14.8. The van der Waals surface area contributed by atoms with Gasteiger partial charge in [-0.05, 0) is 33.4 Å². The van der Waals surface area contributed by atoms with Gasteiger partial charge in [-0.2, -0.15) is 0 Å². The first-order valence-electron chi connectivity index (χ1n) is 6.76. The molecule has 1 aromatic rings. The monoisotopic (exact) mass is 250 g/mol. The molecular formula is C14H26N4. The van der Waals surface area contributed by atoms with Crippen LogP contribution in [0.3, 0.4) is 0 Å². The quantitative estimate of drug-likeness (QED) is 0.744. The van der Waals surface area contributed by atoms with E-state index >= 15 is 0 Å². The molecule has 0 radical (unpaired) electrons. The highest BCUT2D eigenvalue weighted by atomic mass is 15.1. The van der Waals surface area contributed by atoms with Gasteiger partial charge in [-0.15, -0.1) is 0 Å². The number of aromatic nitrogens is 1. The SMILES string of the molecule is CCCNc1cncc(NCCN(C)C(C)C)c1. The Morgan fingerprint density at radius 3 is 2.33 bits per heavy atom. The summed E-state index contributed by atoms with van der Waals surface area (Å²) in [6, 6.07) is 2.69. The molecule has 0 saturated heterocycles. The summed E-state index contributed by atoms with van der Waals surface area (Å²) < 4.78 is 0. The Balaban J connectivity index is 2.37. The zero-order valence-corrected chi connectivity index (χ0v) is 12.0.